The Morgan fingerprint density at radius 1 is 1.47 bits per heavy atom. The van der Waals surface area contributed by atoms with Gasteiger partial charge in [-0.1, -0.05) is 0 Å². The molecular formula is C11H16N4. The number of nitrogens with zero attached hydrogens (tertiary/aromatic N) is 3. The standard InChI is InChI=1S/C11H16N4/c1-8-4-10(14-13-5-8)15-6-11(12,7-15)9-2-3-9/h4-5,9H,2-3,6-7,12H2,1H3. The molecule has 2 fully saturated rings. The van der Waals surface area contributed by atoms with Gasteiger partial charge in [-0.15, -0.1) is 5.10 Å². The molecule has 1 aromatic rings. The van der Waals surface area contributed by atoms with E-state index in [1.807, 2.05) is 6.92 Å². The first-order valence-corrected chi connectivity index (χ1v) is 5.50. The largest absolute Gasteiger partial charge is 0.351 e. The van der Waals surface area contributed by atoms with Crippen LogP contribution in [0.15, 0.2) is 12.3 Å². The summed E-state index contributed by atoms with van der Waals surface area (Å²) in [6.45, 7) is 3.92. The highest BCUT2D eigenvalue weighted by Gasteiger charge is 2.50. The van der Waals surface area contributed by atoms with Gasteiger partial charge in [-0.05, 0) is 37.3 Å². The molecule has 1 aliphatic carbocycles. The van der Waals surface area contributed by atoms with Crippen LogP contribution in [0.4, 0.5) is 5.82 Å². The number of hydrogen-bond donors (Lipinski definition) is 1. The summed E-state index contributed by atoms with van der Waals surface area (Å²) in [6.07, 6.45) is 4.40. The molecule has 0 unspecified atom stereocenters. The minimum atomic E-state index is 0.0609. The second-order valence-corrected chi connectivity index (χ2v) is 4.95. The summed E-state index contributed by atoms with van der Waals surface area (Å²) >= 11 is 0. The van der Waals surface area contributed by atoms with Gasteiger partial charge in [0.2, 0.25) is 0 Å². The molecule has 0 aromatic carbocycles. The predicted octanol–water partition coefficient (Wildman–Crippen LogP) is 0.713. The van der Waals surface area contributed by atoms with Crippen LogP contribution >= 0.6 is 0 Å². The summed E-state index contributed by atoms with van der Waals surface area (Å²) in [4.78, 5) is 2.22. The van der Waals surface area contributed by atoms with Gasteiger partial charge < -0.3 is 10.6 Å². The van der Waals surface area contributed by atoms with Gasteiger partial charge in [-0.2, -0.15) is 5.10 Å². The lowest BCUT2D eigenvalue weighted by Crippen LogP contribution is -2.69. The van der Waals surface area contributed by atoms with Gasteiger partial charge in [0.25, 0.3) is 0 Å². The van der Waals surface area contributed by atoms with Crippen LogP contribution < -0.4 is 10.6 Å². The molecule has 0 bridgehead atoms. The Hall–Kier alpha value is -1.16. The first-order valence-electron chi connectivity index (χ1n) is 5.50. The number of anilines is 1. The van der Waals surface area contributed by atoms with E-state index in [0.717, 1.165) is 30.4 Å². The van der Waals surface area contributed by atoms with Crippen molar-refractivity contribution in [3.05, 3.63) is 17.8 Å². The van der Waals surface area contributed by atoms with Crippen molar-refractivity contribution in [1.29, 1.82) is 0 Å². The van der Waals surface area contributed by atoms with Gasteiger partial charge >= 0.3 is 0 Å². The molecule has 2 aliphatic rings. The molecule has 2 N–H and O–H groups in total. The Bertz CT molecular complexity index is 380. The number of nitrogens with two attached hydrogens (primary N) is 1. The van der Waals surface area contributed by atoms with Crippen molar-refractivity contribution < 1.29 is 0 Å². The maximum absolute atomic E-state index is 6.28. The number of aromatic nitrogens is 2. The maximum atomic E-state index is 6.28. The van der Waals surface area contributed by atoms with Crippen molar-refractivity contribution in [3.63, 3.8) is 0 Å². The Morgan fingerprint density at radius 2 is 2.20 bits per heavy atom. The third-order valence-electron chi connectivity index (χ3n) is 3.46. The van der Waals surface area contributed by atoms with E-state index >= 15 is 0 Å². The fraction of sp³-hybridized carbons (Fsp3) is 0.636. The van der Waals surface area contributed by atoms with Crippen molar-refractivity contribution in [2.75, 3.05) is 18.0 Å². The van der Waals surface area contributed by atoms with Crippen LogP contribution in [0.1, 0.15) is 18.4 Å². The molecule has 1 saturated heterocycles. The molecule has 0 radical (unpaired) electrons. The molecule has 15 heavy (non-hydrogen) atoms. The van der Waals surface area contributed by atoms with E-state index in [1.54, 1.807) is 6.20 Å². The minimum Gasteiger partial charge on any atom is -0.351 e. The smallest absolute Gasteiger partial charge is 0.151 e. The van der Waals surface area contributed by atoms with Crippen molar-refractivity contribution in [2.45, 2.75) is 25.3 Å². The summed E-state index contributed by atoms with van der Waals surface area (Å²) < 4.78 is 0. The normalized spacial score (nSPS) is 23.7. The Labute approximate surface area is 89.5 Å². The summed E-state index contributed by atoms with van der Waals surface area (Å²) in [5, 5.41) is 8.09. The molecule has 0 amide bonds. The zero-order valence-corrected chi connectivity index (χ0v) is 8.98. The molecule has 4 heteroatoms. The van der Waals surface area contributed by atoms with Crippen LogP contribution in [0.2, 0.25) is 0 Å². The monoisotopic (exact) mass is 204 g/mol. The lowest BCUT2D eigenvalue weighted by Gasteiger charge is -2.48. The highest BCUT2D eigenvalue weighted by molar-refractivity contribution is 5.45. The van der Waals surface area contributed by atoms with E-state index in [0.29, 0.717) is 0 Å². The van der Waals surface area contributed by atoms with E-state index in [1.165, 1.54) is 12.8 Å². The predicted molar refractivity (Wildman–Crippen MR) is 58.6 cm³/mol. The number of aryl methyl sites for hydroxylation is 1. The molecule has 80 valence electrons. The fourth-order valence-corrected chi connectivity index (χ4v) is 2.35. The average molecular weight is 204 g/mol. The Kier molecular flexibility index (Phi) is 1.77. The van der Waals surface area contributed by atoms with Crippen LogP contribution in [-0.4, -0.2) is 28.8 Å². The molecule has 0 spiro atoms. The Morgan fingerprint density at radius 3 is 2.80 bits per heavy atom. The number of hydrogen-bond acceptors (Lipinski definition) is 4. The average Bonchev–Trinajstić information content (AvgIpc) is 2.96. The van der Waals surface area contributed by atoms with Gasteiger partial charge in [-0.25, -0.2) is 0 Å². The van der Waals surface area contributed by atoms with E-state index < -0.39 is 0 Å². The lowest BCUT2D eigenvalue weighted by atomic mass is 9.86. The molecule has 3 rings (SSSR count). The highest BCUT2D eigenvalue weighted by Crippen LogP contribution is 2.43. The zero-order valence-electron chi connectivity index (χ0n) is 8.98. The molecule has 1 aromatic heterocycles. The van der Waals surface area contributed by atoms with Gasteiger partial charge in [0.05, 0.1) is 11.7 Å². The fourth-order valence-electron chi connectivity index (χ4n) is 2.35. The molecule has 2 heterocycles. The SMILES string of the molecule is Cc1cnnc(N2CC(N)(C3CC3)C2)c1. The van der Waals surface area contributed by atoms with Crippen molar-refractivity contribution in [2.24, 2.45) is 11.7 Å². The van der Waals surface area contributed by atoms with Gasteiger partial charge in [0, 0.05) is 13.1 Å². The number of rotatable bonds is 2. The van der Waals surface area contributed by atoms with Gasteiger partial charge in [0.15, 0.2) is 5.82 Å². The van der Waals surface area contributed by atoms with Crippen LogP contribution in [0.25, 0.3) is 0 Å². The quantitative estimate of drug-likeness (QED) is 0.771. The topological polar surface area (TPSA) is 55.0 Å². The second kappa shape index (κ2) is 2.92. The molecule has 1 saturated carbocycles. The van der Waals surface area contributed by atoms with Crippen molar-refractivity contribution in [1.82, 2.24) is 10.2 Å². The molecule has 0 atom stereocenters. The lowest BCUT2D eigenvalue weighted by molar-refractivity contribution is 0.288. The van der Waals surface area contributed by atoms with Crippen LogP contribution in [0.3, 0.4) is 0 Å². The van der Waals surface area contributed by atoms with Crippen LogP contribution in [-0.2, 0) is 0 Å². The summed E-state index contributed by atoms with van der Waals surface area (Å²) in [5.74, 6) is 1.73. The van der Waals surface area contributed by atoms with Crippen LogP contribution in [0, 0.1) is 12.8 Å². The zero-order chi connectivity index (χ0) is 10.5. The highest BCUT2D eigenvalue weighted by atomic mass is 15.3. The maximum Gasteiger partial charge on any atom is 0.151 e. The van der Waals surface area contributed by atoms with Crippen molar-refractivity contribution in [3.8, 4) is 0 Å². The second-order valence-electron chi connectivity index (χ2n) is 4.95. The summed E-state index contributed by atoms with van der Waals surface area (Å²) in [5.41, 5.74) is 7.50. The van der Waals surface area contributed by atoms with E-state index in [9.17, 15) is 0 Å². The molecule has 4 nitrogen and oxygen atoms in total. The first-order chi connectivity index (χ1) is 7.17. The van der Waals surface area contributed by atoms with Gasteiger partial charge in [0.1, 0.15) is 0 Å². The molecule has 1 aliphatic heterocycles. The molecular weight excluding hydrogens is 188 g/mol. The van der Waals surface area contributed by atoms with Crippen molar-refractivity contribution >= 4 is 5.82 Å². The third-order valence-corrected chi connectivity index (χ3v) is 3.46. The van der Waals surface area contributed by atoms with E-state index in [2.05, 4.69) is 21.2 Å². The summed E-state index contributed by atoms with van der Waals surface area (Å²) in [6, 6.07) is 2.07. The van der Waals surface area contributed by atoms with Crippen LogP contribution in [0.5, 0.6) is 0 Å². The first kappa shape index (κ1) is 9.09. The van der Waals surface area contributed by atoms with E-state index in [-0.39, 0.29) is 5.54 Å². The minimum absolute atomic E-state index is 0.0609. The third kappa shape index (κ3) is 1.49. The summed E-state index contributed by atoms with van der Waals surface area (Å²) in [7, 11) is 0. The Balaban J connectivity index is 1.71. The van der Waals surface area contributed by atoms with Gasteiger partial charge in [-0.3, -0.25) is 0 Å². The van der Waals surface area contributed by atoms with E-state index in [4.69, 9.17) is 5.73 Å².